The Morgan fingerprint density at radius 1 is 1.44 bits per heavy atom. The molecule has 0 saturated carbocycles. The molecule has 0 saturated heterocycles. The zero-order chi connectivity index (χ0) is 24.2. The summed E-state index contributed by atoms with van der Waals surface area (Å²) >= 11 is 1.44. The molecule has 182 valence electrons. The number of thioether (sulfide) groups is 1. The van der Waals surface area contributed by atoms with Crippen molar-refractivity contribution in [2.24, 2.45) is 4.99 Å². The van der Waals surface area contributed by atoms with Gasteiger partial charge in [0.05, 0.1) is 17.3 Å². The minimum Gasteiger partial charge on any atom is -0.434 e. The van der Waals surface area contributed by atoms with Gasteiger partial charge in [0.2, 0.25) is 0 Å². The second kappa shape index (κ2) is 10.5. The third-order valence-corrected chi connectivity index (χ3v) is 5.99. The molecule has 13 heteroatoms. The maximum atomic E-state index is 13.3. The molecule has 34 heavy (non-hydrogen) atoms. The standard InChI is InChI=1S/C21H24F3N7O2S/c1-29(24)8-9-30-12-16(27-20(32)15-11-26-31-7-3-6-25-19(15)31)18(28-30)14-10-13(34-2)4-5-17(14)33-21(22)23/h3-7,10,12,18,21,26,28H,8-9,11H2,1-2H3,(H,27,32). The first kappa shape index (κ1) is 24.1. The van der Waals surface area contributed by atoms with Gasteiger partial charge in [0, 0.05) is 55.8 Å². The number of hydrazine groups is 2. The first-order valence-corrected chi connectivity index (χ1v) is 11.6. The number of allylic oxidation sites excluding steroid dienone is 1. The monoisotopic (exact) mass is 495 g/mol. The van der Waals surface area contributed by atoms with Crippen LogP contribution < -0.4 is 20.9 Å². The number of ether oxygens (including phenoxy) is 1. The van der Waals surface area contributed by atoms with Crippen LogP contribution in [-0.4, -0.2) is 66.8 Å². The molecule has 3 N–H and O–H groups in total. The van der Waals surface area contributed by atoms with Gasteiger partial charge in [0.15, 0.2) is 5.82 Å². The minimum absolute atomic E-state index is 0.0207. The minimum atomic E-state index is -3.02. The number of carbonyl (C=O) groups excluding carboxylic acids is 1. The highest BCUT2D eigenvalue weighted by Gasteiger charge is 2.33. The summed E-state index contributed by atoms with van der Waals surface area (Å²) in [4.78, 5) is 18.2. The van der Waals surface area contributed by atoms with Gasteiger partial charge in [-0.25, -0.2) is 15.8 Å². The van der Waals surface area contributed by atoms with Gasteiger partial charge >= 0.3 is 6.61 Å². The summed E-state index contributed by atoms with van der Waals surface area (Å²) < 4.78 is 44.2. The summed E-state index contributed by atoms with van der Waals surface area (Å²) in [7, 11) is 1.29. The van der Waals surface area contributed by atoms with Gasteiger partial charge < -0.3 is 15.1 Å². The molecule has 9 nitrogen and oxygen atoms in total. The van der Waals surface area contributed by atoms with E-state index in [0.29, 0.717) is 27.8 Å². The maximum absolute atomic E-state index is 13.3. The smallest absolute Gasteiger partial charge is 0.387 e. The fourth-order valence-electron chi connectivity index (χ4n) is 3.67. The lowest BCUT2D eigenvalue weighted by Gasteiger charge is -2.23. The third-order valence-electron chi connectivity index (χ3n) is 5.27. The summed E-state index contributed by atoms with van der Waals surface area (Å²) in [6.07, 6.45) is 8.56. The van der Waals surface area contributed by atoms with Crippen LogP contribution in [-0.2, 0) is 4.79 Å². The number of likely N-dealkylation sites (N-methyl/N-ethyl adjacent to an activating group) is 1. The molecule has 1 unspecified atom stereocenters. The summed E-state index contributed by atoms with van der Waals surface area (Å²) in [5.41, 5.74) is 7.43. The topological polar surface area (TPSA) is 84.5 Å². The SMILES string of the molecule is CSc1ccc(OC(F)F)c(C2NN(CCN(C)F)C=C2NC(=O)C2=C3N=CC=CN3NC2)c1. The van der Waals surface area contributed by atoms with Gasteiger partial charge in [-0.3, -0.25) is 9.80 Å². The van der Waals surface area contributed by atoms with E-state index in [-0.39, 0.29) is 25.4 Å². The fraction of sp³-hybridized carbons (Fsp3) is 0.333. The molecule has 1 atom stereocenters. The number of halogens is 3. The molecule has 1 aromatic rings. The molecule has 1 amide bonds. The number of alkyl halides is 2. The van der Waals surface area contributed by atoms with E-state index in [1.165, 1.54) is 24.9 Å². The Hall–Kier alpha value is -3.00. The molecule has 3 aliphatic heterocycles. The van der Waals surface area contributed by atoms with Gasteiger partial charge in [0.1, 0.15) is 5.75 Å². The number of carbonyl (C=O) groups is 1. The zero-order valence-electron chi connectivity index (χ0n) is 18.5. The average Bonchev–Trinajstić information content (AvgIpc) is 3.42. The van der Waals surface area contributed by atoms with E-state index in [2.05, 4.69) is 21.2 Å². The number of benzene rings is 1. The lowest BCUT2D eigenvalue weighted by molar-refractivity contribution is -0.116. The van der Waals surface area contributed by atoms with Crippen molar-refractivity contribution in [3.8, 4) is 5.75 Å². The molecule has 4 rings (SSSR count). The Morgan fingerprint density at radius 2 is 2.26 bits per heavy atom. The zero-order valence-corrected chi connectivity index (χ0v) is 19.3. The Labute approximate surface area is 198 Å². The number of hydrogen-bond acceptors (Lipinski definition) is 9. The maximum Gasteiger partial charge on any atom is 0.387 e. The van der Waals surface area contributed by atoms with E-state index < -0.39 is 18.6 Å². The summed E-state index contributed by atoms with van der Waals surface area (Å²) in [6.45, 7) is -2.42. The molecule has 0 aliphatic carbocycles. The van der Waals surface area contributed by atoms with Crippen molar-refractivity contribution < 1.29 is 22.8 Å². The molecule has 0 radical (unpaired) electrons. The Bertz CT molecular complexity index is 1060. The lowest BCUT2D eigenvalue weighted by Crippen LogP contribution is -2.37. The molecule has 0 bridgehead atoms. The summed E-state index contributed by atoms with van der Waals surface area (Å²) in [5.74, 6) is 0.0649. The summed E-state index contributed by atoms with van der Waals surface area (Å²) in [6, 6.07) is 4.17. The number of nitrogens with zero attached hydrogens (tertiary/aromatic N) is 4. The first-order valence-electron chi connectivity index (χ1n) is 10.4. The second-order valence-corrected chi connectivity index (χ2v) is 8.41. The van der Waals surface area contributed by atoms with Crippen molar-refractivity contribution in [2.45, 2.75) is 17.5 Å². The van der Waals surface area contributed by atoms with E-state index in [1.807, 2.05) is 6.26 Å². The molecule has 3 heterocycles. The molecule has 0 aromatic heterocycles. The number of nitrogens with one attached hydrogen (secondary N) is 3. The third kappa shape index (κ3) is 5.38. The normalized spacial score (nSPS) is 19.4. The van der Waals surface area contributed by atoms with Crippen LogP contribution in [0.3, 0.4) is 0 Å². The lowest BCUT2D eigenvalue weighted by atomic mass is 10.0. The van der Waals surface area contributed by atoms with Crippen LogP contribution in [0, 0.1) is 0 Å². The van der Waals surface area contributed by atoms with E-state index in [4.69, 9.17) is 4.74 Å². The van der Waals surface area contributed by atoms with Crippen molar-refractivity contribution >= 4 is 23.9 Å². The van der Waals surface area contributed by atoms with Crippen molar-refractivity contribution in [3.63, 3.8) is 0 Å². The molecule has 0 spiro atoms. The van der Waals surface area contributed by atoms with Crippen LogP contribution in [0.1, 0.15) is 11.6 Å². The Kier molecular flexibility index (Phi) is 7.46. The number of rotatable bonds is 9. The summed E-state index contributed by atoms with van der Waals surface area (Å²) in [5, 5.41) is 6.66. The van der Waals surface area contributed by atoms with E-state index in [0.717, 1.165) is 4.90 Å². The Balaban J connectivity index is 1.64. The van der Waals surface area contributed by atoms with Crippen LogP contribution in [0.15, 0.2) is 63.7 Å². The van der Waals surface area contributed by atoms with E-state index >= 15 is 0 Å². The second-order valence-electron chi connectivity index (χ2n) is 7.53. The van der Waals surface area contributed by atoms with Gasteiger partial charge in [-0.05, 0) is 30.5 Å². The van der Waals surface area contributed by atoms with Gasteiger partial charge in [-0.2, -0.15) is 8.78 Å². The first-order chi connectivity index (χ1) is 16.4. The van der Waals surface area contributed by atoms with Crippen LogP contribution >= 0.6 is 11.8 Å². The van der Waals surface area contributed by atoms with Crippen molar-refractivity contribution in [2.75, 3.05) is 32.9 Å². The Morgan fingerprint density at radius 3 is 3.00 bits per heavy atom. The number of fused-ring (bicyclic) bond motifs is 1. The van der Waals surface area contributed by atoms with Crippen LogP contribution in [0.4, 0.5) is 13.3 Å². The predicted molar refractivity (Wildman–Crippen MR) is 122 cm³/mol. The number of aliphatic imine (C=N–C) groups is 1. The van der Waals surface area contributed by atoms with Crippen molar-refractivity contribution in [1.82, 2.24) is 31.3 Å². The highest BCUT2D eigenvalue weighted by atomic mass is 32.2. The average molecular weight is 496 g/mol. The fourth-order valence-corrected chi connectivity index (χ4v) is 4.12. The quantitative estimate of drug-likeness (QED) is 0.356. The van der Waals surface area contributed by atoms with Crippen LogP contribution in [0.2, 0.25) is 0 Å². The molecule has 0 fully saturated rings. The largest absolute Gasteiger partial charge is 0.434 e. The highest BCUT2D eigenvalue weighted by molar-refractivity contribution is 7.98. The molecular formula is C21H24F3N7O2S. The highest BCUT2D eigenvalue weighted by Crippen LogP contribution is 2.36. The van der Waals surface area contributed by atoms with E-state index in [1.54, 1.807) is 46.8 Å². The van der Waals surface area contributed by atoms with Crippen molar-refractivity contribution in [1.29, 1.82) is 0 Å². The van der Waals surface area contributed by atoms with Gasteiger partial charge in [-0.15, -0.1) is 21.4 Å². The van der Waals surface area contributed by atoms with Gasteiger partial charge in [0.25, 0.3) is 5.91 Å². The molecule has 3 aliphatic rings. The number of amides is 1. The number of hydrogen-bond donors (Lipinski definition) is 3. The van der Waals surface area contributed by atoms with Crippen LogP contribution in [0.25, 0.3) is 0 Å². The predicted octanol–water partition coefficient (Wildman–Crippen LogP) is 2.28. The van der Waals surface area contributed by atoms with Gasteiger partial charge in [-0.1, -0.05) is 0 Å². The van der Waals surface area contributed by atoms with E-state index in [9.17, 15) is 18.1 Å². The van der Waals surface area contributed by atoms with Crippen molar-refractivity contribution in [3.05, 3.63) is 59.3 Å². The van der Waals surface area contributed by atoms with Crippen LogP contribution in [0.5, 0.6) is 5.75 Å². The molecular weight excluding hydrogens is 471 g/mol. The molecule has 1 aromatic carbocycles.